The quantitative estimate of drug-likeness (QED) is 0.497. The van der Waals surface area contributed by atoms with Crippen LogP contribution in [0.1, 0.15) is 13.8 Å². The summed E-state index contributed by atoms with van der Waals surface area (Å²) in [5, 5.41) is 11.6. The molecule has 1 aliphatic heterocycles. The molecule has 0 N–H and O–H groups in total. The number of urea groups is 1. The van der Waals surface area contributed by atoms with Gasteiger partial charge in [-0.2, -0.15) is 0 Å². The topological polar surface area (TPSA) is 63.7 Å². The van der Waals surface area contributed by atoms with E-state index in [1.54, 1.807) is 13.8 Å². The van der Waals surface area contributed by atoms with E-state index in [9.17, 15) is 14.7 Å². The molecule has 0 saturated carbocycles. The molecule has 0 spiro atoms. The first-order chi connectivity index (χ1) is 5.80. The lowest BCUT2D eigenvalue weighted by molar-refractivity contribution is -0.472. The van der Waals surface area contributed by atoms with Crippen LogP contribution in [0.25, 0.3) is 0 Å². The average molecular weight is 185 g/mol. The van der Waals surface area contributed by atoms with Crippen LogP contribution >= 0.6 is 0 Å². The van der Waals surface area contributed by atoms with Gasteiger partial charge in [0.05, 0.1) is 0 Å². The van der Waals surface area contributed by atoms with Crippen LogP contribution in [0.4, 0.5) is 4.79 Å². The van der Waals surface area contributed by atoms with Gasteiger partial charge in [-0.15, -0.1) is 0 Å². The highest BCUT2D eigenvalue weighted by molar-refractivity contribution is 5.99. The molecule has 1 fully saturated rings. The van der Waals surface area contributed by atoms with E-state index in [0.717, 1.165) is 9.80 Å². The van der Waals surface area contributed by atoms with Crippen LogP contribution in [0.5, 0.6) is 0 Å². The van der Waals surface area contributed by atoms with Gasteiger partial charge in [-0.25, -0.2) is 4.79 Å². The number of hydrogen-bond acceptors (Lipinski definition) is 3. The lowest BCUT2D eigenvalue weighted by Crippen LogP contribution is -2.67. The Hall–Kier alpha value is -1.10. The first-order valence-corrected chi connectivity index (χ1v) is 4.01. The third-order valence-corrected chi connectivity index (χ3v) is 2.41. The van der Waals surface area contributed by atoms with E-state index in [2.05, 4.69) is 0 Å². The lowest BCUT2D eigenvalue weighted by Gasteiger charge is -2.50. The molecule has 5 heteroatoms. The van der Waals surface area contributed by atoms with Crippen LogP contribution in [0.2, 0.25) is 0 Å². The molecule has 1 aliphatic rings. The number of rotatable bonds is 0. The predicted molar refractivity (Wildman–Crippen MR) is 43.5 cm³/mol. The van der Waals surface area contributed by atoms with E-state index in [4.69, 9.17) is 0 Å². The summed E-state index contributed by atoms with van der Waals surface area (Å²) in [4.78, 5) is 24.8. The summed E-state index contributed by atoms with van der Waals surface area (Å²) in [5.74, 6) is -0.421. The summed E-state index contributed by atoms with van der Waals surface area (Å²) in [6.45, 7) is 3.10. The fraction of sp³-hybridized carbons (Fsp3) is 0.750. The van der Waals surface area contributed by atoms with Gasteiger partial charge in [0.15, 0.2) is 0 Å². The lowest BCUT2D eigenvalue weighted by atomic mass is 9.87. The molecule has 0 aromatic heterocycles. The van der Waals surface area contributed by atoms with Crippen molar-refractivity contribution in [2.24, 2.45) is 5.41 Å². The van der Waals surface area contributed by atoms with E-state index >= 15 is 0 Å². The van der Waals surface area contributed by atoms with E-state index < -0.39 is 23.6 Å². The van der Waals surface area contributed by atoms with Crippen molar-refractivity contribution in [2.45, 2.75) is 20.1 Å². The number of nitrogens with zero attached hydrogens (tertiary/aromatic N) is 2. The molecule has 0 radical (unpaired) electrons. The zero-order chi connectivity index (χ0) is 10.4. The Kier molecular flexibility index (Phi) is 2.07. The van der Waals surface area contributed by atoms with Gasteiger partial charge in [0, 0.05) is 19.5 Å². The van der Waals surface area contributed by atoms with E-state index in [1.807, 2.05) is 0 Å². The van der Waals surface area contributed by atoms with Crippen molar-refractivity contribution in [3.05, 3.63) is 0 Å². The highest BCUT2D eigenvalue weighted by Gasteiger charge is 2.43. The normalized spacial score (nSPS) is 28.2. The van der Waals surface area contributed by atoms with Crippen molar-refractivity contribution in [2.75, 3.05) is 14.1 Å². The Morgan fingerprint density at radius 2 is 1.77 bits per heavy atom. The Morgan fingerprint density at radius 3 is 2.23 bits per heavy atom. The maximum Gasteiger partial charge on any atom is 0.325 e. The Balaban J connectivity index is 3.07. The second-order valence-corrected chi connectivity index (χ2v) is 3.83. The molecule has 1 rings (SSSR count). The van der Waals surface area contributed by atoms with Crippen molar-refractivity contribution >= 4 is 11.9 Å². The average Bonchev–Trinajstić information content (AvgIpc) is 2.09. The summed E-state index contributed by atoms with van der Waals surface area (Å²) in [7, 11) is 2.79. The minimum absolute atomic E-state index is 0.421. The van der Waals surface area contributed by atoms with E-state index in [-0.39, 0.29) is 0 Å². The summed E-state index contributed by atoms with van der Waals surface area (Å²) >= 11 is 0. The molecule has 0 aromatic rings. The van der Waals surface area contributed by atoms with Gasteiger partial charge in [0.1, 0.15) is 0 Å². The van der Waals surface area contributed by atoms with E-state index in [0.29, 0.717) is 0 Å². The summed E-state index contributed by atoms with van der Waals surface area (Å²) in [5.41, 5.74) is -1.04. The summed E-state index contributed by atoms with van der Waals surface area (Å²) in [6.07, 6.45) is -1.30. The van der Waals surface area contributed by atoms with Crippen molar-refractivity contribution in [1.82, 2.24) is 9.80 Å². The third-order valence-electron chi connectivity index (χ3n) is 2.41. The standard InChI is InChI=1S/C8H13N2O3/c1-8(2)5(11)9(3)7(13)10(4)6(8)12/h5H,1-4H3/q-1. The largest absolute Gasteiger partial charge is 0.835 e. The van der Waals surface area contributed by atoms with E-state index in [1.165, 1.54) is 14.1 Å². The summed E-state index contributed by atoms with van der Waals surface area (Å²) < 4.78 is 0. The zero-order valence-electron chi connectivity index (χ0n) is 8.20. The smallest absolute Gasteiger partial charge is 0.325 e. The van der Waals surface area contributed by atoms with Crippen LogP contribution in [-0.2, 0) is 4.79 Å². The maximum absolute atomic E-state index is 11.6. The Bertz CT molecular complexity index is 262. The molecule has 1 heterocycles. The second-order valence-electron chi connectivity index (χ2n) is 3.83. The van der Waals surface area contributed by atoms with Crippen LogP contribution in [0.15, 0.2) is 0 Å². The van der Waals surface area contributed by atoms with Crippen molar-refractivity contribution < 1.29 is 14.7 Å². The highest BCUT2D eigenvalue weighted by atomic mass is 16.3. The molecular formula is C8H13N2O3-. The van der Waals surface area contributed by atoms with Crippen molar-refractivity contribution in [3.8, 4) is 0 Å². The van der Waals surface area contributed by atoms with Crippen molar-refractivity contribution in [3.63, 3.8) is 0 Å². The molecule has 0 aromatic carbocycles. The predicted octanol–water partition coefficient (Wildman–Crippen LogP) is -0.777. The first-order valence-electron chi connectivity index (χ1n) is 4.01. The molecule has 0 bridgehead atoms. The Labute approximate surface area is 76.9 Å². The minimum atomic E-state index is -1.30. The number of imide groups is 1. The molecule has 5 nitrogen and oxygen atoms in total. The molecular weight excluding hydrogens is 172 g/mol. The van der Waals surface area contributed by atoms with Gasteiger partial charge in [-0.05, 0) is 6.23 Å². The van der Waals surface area contributed by atoms with Crippen LogP contribution in [0.3, 0.4) is 0 Å². The third kappa shape index (κ3) is 1.19. The number of carbonyl (C=O) groups is 2. The van der Waals surface area contributed by atoms with Gasteiger partial charge in [-0.3, -0.25) is 9.69 Å². The van der Waals surface area contributed by atoms with Crippen molar-refractivity contribution in [1.29, 1.82) is 0 Å². The number of hydrogen-bond donors (Lipinski definition) is 0. The molecule has 13 heavy (non-hydrogen) atoms. The van der Waals surface area contributed by atoms with Gasteiger partial charge >= 0.3 is 6.03 Å². The zero-order valence-corrected chi connectivity index (χ0v) is 8.20. The SMILES string of the molecule is CN1C(=O)N(C)C([O-])C(C)(C)C1=O. The van der Waals surface area contributed by atoms with Gasteiger partial charge in [0.25, 0.3) is 0 Å². The van der Waals surface area contributed by atoms with Gasteiger partial charge in [0.2, 0.25) is 5.91 Å². The monoisotopic (exact) mass is 185 g/mol. The van der Waals surface area contributed by atoms with Crippen LogP contribution in [0, 0.1) is 5.41 Å². The summed E-state index contributed by atoms with van der Waals surface area (Å²) in [6, 6.07) is -0.538. The highest BCUT2D eigenvalue weighted by Crippen LogP contribution is 2.28. The fourth-order valence-electron chi connectivity index (χ4n) is 1.45. The number of carbonyl (C=O) groups excluding carboxylic acids is 2. The number of amides is 3. The first kappa shape index (κ1) is 9.98. The molecule has 1 unspecified atom stereocenters. The molecule has 1 saturated heterocycles. The second kappa shape index (κ2) is 2.70. The molecule has 74 valence electrons. The Morgan fingerprint density at radius 1 is 1.31 bits per heavy atom. The molecule has 1 atom stereocenters. The van der Waals surface area contributed by atoms with Crippen LogP contribution in [-0.4, -0.2) is 42.1 Å². The van der Waals surface area contributed by atoms with Crippen LogP contribution < -0.4 is 5.11 Å². The van der Waals surface area contributed by atoms with Gasteiger partial charge < -0.3 is 10.0 Å². The minimum Gasteiger partial charge on any atom is -0.835 e. The van der Waals surface area contributed by atoms with Gasteiger partial charge in [-0.1, -0.05) is 13.8 Å². The fourth-order valence-corrected chi connectivity index (χ4v) is 1.45. The molecule has 0 aliphatic carbocycles. The molecule has 3 amide bonds. The maximum atomic E-state index is 11.6.